The zero-order chi connectivity index (χ0) is 15.2. The zero-order valence-corrected chi connectivity index (χ0v) is 16.0. The summed E-state index contributed by atoms with van der Waals surface area (Å²) in [7, 11) is 0. The topological polar surface area (TPSA) is 44.9 Å². The maximum absolute atomic E-state index is 6.15. The third-order valence-corrected chi connectivity index (χ3v) is 4.47. The summed E-state index contributed by atoms with van der Waals surface area (Å²) in [6.07, 6.45) is 9.51. The van der Waals surface area contributed by atoms with Gasteiger partial charge in [0.15, 0.2) is 5.96 Å². The fourth-order valence-electron chi connectivity index (χ4n) is 3.07. The Morgan fingerprint density at radius 2 is 1.57 bits per heavy atom. The van der Waals surface area contributed by atoms with Gasteiger partial charge >= 0.3 is 0 Å². The number of likely N-dealkylation sites (tertiary alicyclic amines) is 1. The van der Waals surface area contributed by atoms with Gasteiger partial charge in [0.25, 0.3) is 0 Å². The van der Waals surface area contributed by atoms with Crippen LogP contribution in [-0.4, -0.2) is 37.0 Å². The van der Waals surface area contributed by atoms with Crippen LogP contribution in [-0.2, 0) is 6.54 Å². The summed E-state index contributed by atoms with van der Waals surface area (Å²) >= 11 is 0. The van der Waals surface area contributed by atoms with E-state index >= 15 is 0 Å². The normalized spacial score (nSPS) is 18.7. The molecule has 2 aliphatic rings. The Morgan fingerprint density at radius 3 is 2.17 bits per heavy atom. The van der Waals surface area contributed by atoms with E-state index in [1.807, 2.05) is 0 Å². The van der Waals surface area contributed by atoms with E-state index in [1.165, 1.54) is 36.9 Å². The van der Waals surface area contributed by atoms with Crippen LogP contribution in [0.4, 0.5) is 5.69 Å². The number of nitrogens with two attached hydrogens (primary N) is 1. The standard InChI is InChI=1S/C18H26N4.HI/c19-18(22-13-3-1-2-4-14-22)20-15-16-7-9-17(10-8-16)21-11-5-6-12-21;/h5-10H,1-4,11-15H2,(H2,19,20);1H. The van der Waals surface area contributed by atoms with Crippen LogP contribution in [0, 0.1) is 0 Å². The SMILES string of the molecule is I.NC(=NCc1ccc(N2CC=CC2)cc1)N1CCCCCC1. The molecule has 0 aromatic heterocycles. The highest BCUT2D eigenvalue weighted by Gasteiger charge is 2.11. The lowest BCUT2D eigenvalue weighted by atomic mass is 10.2. The Labute approximate surface area is 156 Å². The van der Waals surface area contributed by atoms with Crippen molar-refractivity contribution in [3.8, 4) is 0 Å². The molecule has 0 unspecified atom stereocenters. The van der Waals surface area contributed by atoms with Gasteiger partial charge in [-0.3, -0.25) is 0 Å². The summed E-state index contributed by atoms with van der Waals surface area (Å²) in [5.74, 6) is 0.703. The maximum atomic E-state index is 6.15. The highest BCUT2D eigenvalue weighted by Crippen LogP contribution is 2.18. The molecule has 2 heterocycles. The molecule has 3 rings (SSSR count). The fourth-order valence-corrected chi connectivity index (χ4v) is 3.07. The molecule has 1 aromatic carbocycles. The number of anilines is 1. The number of rotatable bonds is 3. The van der Waals surface area contributed by atoms with E-state index in [9.17, 15) is 0 Å². The van der Waals surface area contributed by atoms with Crippen molar-refractivity contribution in [3.05, 3.63) is 42.0 Å². The first kappa shape index (κ1) is 18.1. The lowest BCUT2D eigenvalue weighted by Gasteiger charge is -2.21. The number of benzene rings is 1. The van der Waals surface area contributed by atoms with Gasteiger partial charge in [0.1, 0.15) is 0 Å². The largest absolute Gasteiger partial charge is 0.370 e. The summed E-state index contributed by atoms with van der Waals surface area (Å²) in [6.45, 7) is 4.80. The highest BCUT2D eigenvalue weighted by molar-refractivity contribution is 14.0. The van der Waals surface area contributed by atoms with Gasteiger partial charge in [-0.15, -0.1) is 24.0 Å². The molecule has 2 aliphatic heterocycles. The van der Waals surface area contributed by atoms with Crippen LogP contribution in [0.1, 0.15) is 31.2 Å². The molecule has 1 aromatic rings. The molecular formula is C18H27IN4. The first-order valence-electron chi connectivity index (χ1n) is 8.37. The van der Waals surface area contributed by atoms with Crippen LogP contribution < -0.4 is 10.6 Å². The molecule has 1 fully saturated rings. The van der Waals surface area contributed by atoms with Crippen LogP contribution in [0.25, 0.3) is 0 Å². The van der Waals surface area contributed by atoms with Gasteiger partial charge < -0.3 is 15.5 Å². The van der Waals surface area contributed by atoms with Gasteiger partial charge in [-0.05, 0) is 30.5 Å². The maximum Gasteiger partial charge on any atom is 0.191 e. The number of nitrogens with zero attached hydrogens (tertiary/aromatic N) is 3. The van der Waals surface area contributed by atoms with E-state index < -0.39 is 0 Å². The quantitative estimate of drug-likeness (QED) is 0.349. The average molecular weight is 426 g/mol. The molecule has 0 amide bonds. The van der Waals surface area contributed by atoms with Gasteiger partial charge in [0, 0.05) is 31.9 Å². The molecule has 0 spiro atoms. The molecule has 126 valence electrons. The molecule has 23 heavy (non-hydrogen) atoms. The fraction of sp³-hybridized carbons (Fsp3) is 0.500. The van der Waals surface area contributed by atoms with Gasteiger partial charge in [-0.2, -0.15) is 0 Å². The second-order valence-corrected chi connectivity index (χ2v) is 6.12. The third kappa shape index (κ3) is 5.12. The van der Waals surface area contributed by atoms with E-state index in [-0.39, 0.29) is 24.0 Å². The van der Waals surface area contributed by atoms with Gasteiger partial charge in [0.05, 0.1) is 6.54 Å². The van der Waals surface area contributed by atoms with E-state index in [1.54, 1.807) is 0 Å². The molecule has 0 saturated carbocycles. The van der Waals surface area contributed by atoms with Crippen LogP contribution in [0.3, 0.4) is 0 Å². The van der Waals surface area contributed by atoms with Crippen molar-refractivity contribution < 1.29 is 0 Å². The van der Waals surface area contributed by atoms with Crippen molar-refractivity contribution in [2.24, 2.45) is 10.7 Å². The lowest BCUT2D eigenvalue weighted by molar-refractivity contribution is 0.428. The van der Waals surface area contributed by atoms with Crippen molar-refractivity contribution in [2.45, 2.75) is 32.2 Å². The van der Waals surface area contributed by atoms with Crippen molar-refractivity contribution in [3.63, 3.8) is 0 Å². The molecule has 0 bridgehead atoms. The Kier molecular flexibility index (Phi) is 7.20. The molecular weight excluding hydrogens is 399 g/mol. The molecule has 0 atom stereocenters. The van der Waals surface area contributed by atoms with E-state index in [0.29, 0.717) is 12.5 Å². The Morgan fingerprint density at radius 1 is 0.957 bits per heavy atom. The number of hydrogen-bond donors (Lipinski definition) is 1. The molecule has 2 N–H and O–H groups in total. The first-order chi connectivity index (χ1) is 10.8. The van der Waals surface area contributed by atoms with E-state index in [0.717, 1.165) is 26.2 Å². The molecule has 0 aliphatic carbocycles. The van der Waals surface area contributed by atoms with Crippen LogP contribution >= 0.6 is 24.0 Å². The summed E-state index contributed by atoms with van der Waals surface area (Å²) in [6, 6.07) is 8.68. The Hall–Kier alpha value is -1.24. The van der Waals surface area contributed by atoms with Gasteiger partial charge in [-0.25, -0.2) is 4.99 Å². The molecule has 0 radical (unpaired) electrons. The lowest BCUT2D eigenvalue weighted by Crippen LogP contribution is -2.38. The minimum Gasteiger partial charge on any atom is -0.370 e. The molecule has 5 heteroatoms. The second-order valence-electron chi connectivity index (χ2n) is 6.12. The van der Waals surface area contributed by atoms with Crippen molar-refractivity contribution in [1.29, 1.82) is 0 Å². The van der Waals surface area contributed by atoms with E-state index in [4.69, 9.17) is 5.73 Å². The summed E-state index contributed by atoms with van der Waals surface area (Å²) < 4.78 is 0. The summed E-state index contributed by atoms with van der Waals surface area (Å²) in [4.78, 5) is 9.16. The van der Waals surface area contributed by atoms with Crippen molar-refractivity contribution in [2.75, 3.05) is 31.1 Å². The zero-order valence-electron chi connectivity index (χ0n) is 13.7. The Balaban J connectivity index is 0.00000192. The van der Waals surface area contributed by atoms with Crippen molar-refractivity contribution in [1.82, 2.24) is 4.90 Å². The average Bonchev–Trinajstić information content (AvgIpc) is 2.95. The van der Waals surface area contributed by atoms with Gasteiger partial charge in [0.2, 0.25) is 0 Å². The summed E-state index contributed by atoms with van der Waals surface area (Å²) in [5.41, 5.74) is 8.65. The number of halogens is 1. The van der Waals surface area contributed by atoms with Crippen LogP contribution in [0.15, 0.2) is 41.4 Å². The molecule has 4 nitrogen and oxygen atoms in total. The second kappa shape index (κ2) is 9.15. The van der Waals surface area contributed by atoms with Crippen molar-refractivity contribution >= 4 is 35.6 Å². The number of hydrogen-bond acceptors (Lipinski definition) is 2. The predicted octanol–water partition coefficient (Wildman–Crippen LogP) is 3.37. The first-order valence-corrected chi connectivity index (χ1v) is 8.37. The summed E-state index contributed by atoms with van der Waals surface area (Å²) in [5, 5.41) is 0. The number of guanidine groups is 1. The predicted molar refractivity (Wildman–Crippen MR) is 109 cm³/mol. The Bertz CT molecular complexity index is 522. The molecule has 1 saturated heterocycles. The van der Waals surface area contributed by atoms with E-state index in [2.05, 4.69) is 51.2 Å². The number of aliphatic imine (C=N–C) groups is 1. The minimum atomic E-state index is 0. The monoisotopic (exact) mass is 426 g/mol. The highest BCUT2D eigenvalue weighted by atomic mass is 127. The van der Waals surface area contributed by atoms with Gasteiger partial charge in [-0.1, -0.05) is 37.1 Å². The van der Waals surface area contributed by atoms with Crippen LogP contribution in [0.2, 0.25) is 0 Å². The smallest absolute Gasteiger partial charge is 0.191 e. The van der Waals surface area contributed by atoms with Crippen LogP contribution in [0.5, 0.6) is 0 Å². The minimum absolute atomic E-state index is 0. The third-order valence-electron chi connectivity index (χ3n) is 4.47.